The van der Waals surface area contributed by atoms with Crippen molar-refractivity contribution in [3.63, 3.8) is 0 Å². The molecule has 0 aliphatic heterocycles. The van der Waals surface area contributed by atoms with E-state index >= 15 is 0 Å². The lowest BCUT2D eigenvalue weighted by Crippen LogP contribution is -2.36. The van der Waals surface area contributed by atoms with Crippen molar-refractivity contribution in [2.24, 2.45) is 0 Å². The maximum atomic E-state index is 12.8. The summed E-state index contributed by atoms with van der Waals surface area (Å²) in [5, 5.41) is 10.0. The molecule has 1 amide bonds. The Labute approximate surface area is 127 Å². The lowest BCUT2D eigenvalue weighted by atomic mass is 10.1. The number of aromatic amines is 1. The lowest BCUT2D eigenvalue weighted by molar-refractivity contribution is 0.0688. The fraction of sp³-hybridized carbons (Fsp3) is 0.250. The van der Waals surface area contributed by atoms with Gasteiger partial charge in [-0.25, -0.2) is 0 Å². The average Bonchev–Trinajstić information content (AvgIpc) is 3.13. The molecule has 3 aromatic rings. The molecule has 2 aromatic heterocycles. The summed E-state index contributed by atoms with van der Waals surface area (Å²) in [6, 6.07) is 11.9. The van der Waals surface area contributed by atoms with Gasteiger partial charge in [0.1, 0.15) is 0 Å². The van der Waals surface area contributed by atoms with Crippen molar-refractivity contribution < 1.29 is 4.79 Å². The van der Waals surface area contributed by atoms with E-state index in [4.69, 9.17) is 0 Å². The second-order valence-electron chi connectivity index (χ2n) is 5.22. The molecular weight excluding hydrogens is 282 g/mol. The third-order valence-corrected chi connectivity index (χ3v) is 4.32. The van der Waals surface area contributed by atoms with Crippen LogP contribution in [0, 0.1) is 0 Å². The topological polar surface area (TPSA) is 49.0 Å². The number of fused-ring (bicyclic) bond motifs is 1. The number of nitrogens with zero attached hydrogens (tertiary/aromatic N) is 2. The van der Waals surface area contributed by atoms with Gasteiger partial charge in [-0.05, 0) is 31.4 Å². The van der Waals surface area contributed by atoms with Crippen LogP contribution in [0.5, 0.6) is 0 Å². The summed E-state index contributed by atoms with van der Waals surface area (Å²) in [5.74, 6) is -0.0316. The molecule has 0 radical (unpaired) electrons. The molecular formula is C16H17N3OS. The summed E-state index contributed by atoms with van der Waals surface area (Å²) in [6.07, 6.45) is 0. The van der Waals surface area contributed by atoms with Crippen LogP contribution in [-0.4, -0.2) is 27.0 Å². The first-order valence-electron chi connectivity index (χ1n) is 6.93. The van der Waals surface area contributed by atoms with Crippen molar-refractivity contribution >= 4 is 28.1 Å². The fourth-order valence-electron chi connectivity index (χ4n) is 2.32. The number of H-pyrrole nitrogens is 1. The second kappa shape index (κ2) is 5.69. The third kappa shape index (κ3) is 2.69. The Hall–Kier alpha value is -2.14. The van der Waals surface area contributed by atoms with E-state index in [2.05, 4.69) is 16.3 Å². The summed E-state index contributed by atoms with van der Waals surface area (Å²) in [4.78, 5) is 15.9. The maximum Gasteiger partial charge on any atom is 0.275 e. The van der Waals surface area contributed by atoms with Crippen LogP contribution >= 0.6 is 11.3 Å². The van der Waals surface area contributed by atoms with Gasteiger partial charge < -0.3 is 4.90 Å². The van der Waals surface area contributed by atoms with E-state index in [-0.39, 0.29) is 11.9 Å². The van der Waals surface area contributed by atoms with Crippen LogP contribution in [0.1, 0.15) is 29.2 Å². The molecule has 0 aliphatic rings. The van der Waals surface area contributed by atoms with Crippen LogP contribution in [0.25, 0.3) is 10.9 Å². The van der Waals surface area contributed by atoms with Crippen LogP contribution in [0.2, 0.25) is 0 Å². The van der Waals surface area contributed by atoms with Gasteiger partial charge in [-0.15, -0.1) is 11.3 Å². The Kier molecular flexibility index (Phi) is 3.75. The predicted molar refractivity (Wildman–Crippen MR) is 85.4 cm³/mol. The Morgan fingerprint density at radius 3 is 2.81 bits per heavy atom. The first-order chi connectivity index (χ1) is 10.2. The zero-order valence-corrected chi connectivity index (χ0v) is 12.9. The third-order valence-electron chi connectivity index (χ3n) is 3.46. The van der Waals surface area contributed by atoms with Crippen molar-refractivity contribution in [1.82, 2.24) is 15.1 Å². The van der Waals surface area contributed by atoms with Crippen LogP contribution in [0.4, 0.5) is 0 Å². The van der Waals surface area contributed by atoms with E-state index in [9.17, 15) is 4.79 Å². The summed E-state index contributed by atoms with van der Waals surface area (Å²) in [6.45, 7) is 4.68. The molecule has 1 N–H and O–H groups in total. The molecule has 0 aliphatic carbocycles. The van der Waals surface area contributed by atoms with Gasteiger partial charge in [0, 0.05) is 16.3 Å². The van der Waals surface area contributed by atoms with Gasteiger partial charge in [-0.1, -0.05) is 24.3 Å². The number of benzene rings is 1. The highest BCUT2D eigenvalue weighted by molar-refractivity contribution is 7.09. The molecule has 0 atom stereocenters. The number of amides is 1. The lowest BCUT2D eigenvalue weighted by Gasteiger charge is -2.25. The first kappa shape index (κ1) is 13.8. The summed E-state index contributed by atoms with van der Waals surface area (Å²) >= 11 is 1.66. The summed E-state index contributed by atoms with van der Waals surface area (Å²) in [7, 11) is 0. The molecule has 0 bridgehead atoms. The number of nitrogens with one attached hydrogen (secondary N) is 1. The van der Waals surface area contributed by atoms with Crippen LogP contribution < -0.4 is 0 Å². The minimum absolute atomic E-state index is 0.0316. The molecule has 0 spiro atoms. The van der Waals surface area contributed by atoms with E-state index in [1.807, 2.05) is 54.5 Å². The van der Waals surface area contributed by atoms with E-state index in [1.54, 1.807) is 11.3 Å². The number of hydrogen-bond donors (Lipinski definition) is 1. The number of rotatable bonds is 4. The number of aromatic nitrogens is 2. The van der Waals surface area contributed by atoms with Crippen molar-refractivity contribution in [2.45, 2.75) is 26.4 Å². The molecule has 4 nitrogen and oxygen atoms in total. The van der Waals surface area contributed by atoms with Crippen molar-refractivity contribution in [3.05, 3.63) is 52.3 Å². The molecule has 3 rings (SSSR count). The van der Waals surface area contributed by atoms with Gasteiger partial charge >= 0.3 is 0 Å². The zero-order chi connectivity index (χ0) is 14.8. The van der Waals surface area contributed by atoms with Crippen LogP contribution in [0.15, 0.2) is 41.8 Å². The Morgan fingerprint density at radius 2 is 2.10 bits per heavy atom. The maximum absolute atomic E-state index is 12.8. The monoisotopic (exact) mass is 299 g/mol. The number of carbonyl (C=O) groups is 1. The Balaban J connectivity index is 1.94. The van der Waals surface area contributed by atoms with Crippen molar-refractivity contribution in [3.8, 4) is 0 Å². The minimum atomic E-state index is -0.0316. The number of hydrogen-bond acceptors (Lipinski definition) is 3. The smallest absolute Gasteiger partial charge is 0.275 e. The van der Waals surface area contributed by atoms with Crippen molar-refractivity contribution in [2.75, 3.05) is 0 Å². The zero-order valence-electron chi connectivity index (χ0n) is 12.0. The molecule has 2 heterocycles. The normalized spacial score (nSPS) is 11.2. The number of carbonyl (C=O) groups excluding carboxylic acids is 1. The molecule has 0 fully saturated rings. The quantitative estimate of drug-likeness (QED) is 0.799. The molecule has 1 aromatic carbocycles. The van der Waals surface area contributed by atoms with E-state index in [0.717, 1.165) is 10.9 Å². The van der Waals surface area contributed by atoms with Gasteiger partial charge in [0.2, 0.25) is 0 Å². The summed E-state index contributed by atoms with van der Waals surface area (Å²) < 4.78 is 0. The standard InChI is InChI=1S/C16H17N3OS/c1-11(2)19(10-12-6-5-9-21-12)16(20)15-13-7-3-4-8-14(13)17-18-15/h3-9,11H,10H2,1-2H3,(H,17,18). The largest absolute Gasteiger partial charge is 0.330 e. The van der Waals surface area contributed by atoms with E-state index in [0.29, 0.717) is 12.2 Å². The molecule has 108 valence electrons. The molecule has 5 heteroatoms. The van der Waals surface area contributed by atoms with Gasteiger partial charge in [-0.2, -0.15) is 5.10 Å². The molecule has 0 saturated heterocycles. The first-order valence-corrected chi connectivity index (χ1v) is 7.81. The fourth-order valence-corrected chi connectivity index (χ4v) is 3.02. The Morgan fingerprint density at radius 1 is 1.29 bits per heavy atom. The van der Waals surface area contributed by atoms with Gasteiger partial charge in [0.15, 0.2) is 5.69 Å². The Bertz CT molecular complexity index is 746. The van der Waals surface area contributed by atoms with Gasteiger partial charge in [-0.3, -0.25) is 9.89 Å². The number of para-hydroxylation sites is 1. The highest BCUT2D eigenvalue weighted by Crippen LogP contribution is 2.20. The highest BCUT2D eigenvalue weighted by atomic mass is 32.1. The van der Waals surface area contributed by atoms with Crippen LogP contribution in [0.3, 0.4) is 0 Å². The van der Waals surface area contributed by atoms with Crippen LogP contribution in [-0.2, 0) is 6.54 Å². The SMILES string of the molecule is CC(C)N(Cc1cccs1)C(=O)c1n[nH]c2ccccc12. The van der Waals surface area contributed by atoms with E-state index in [1.165, 1.54) is 4.88 Å². The van der Waals surface area contributed by atoms with Gasteiger partial charge in [0.05, 0.1) is 12.1 Å². The van der Waals surface area contributed by atoms with Crippen molar-refractivity contribution in [1.29, 1.82) is 0 Å². The molecule has 21 heavy (non-hydrogen) atoms. The van der Waals surface area contributed by atoms with E-state index < -0.39 is 0 Å². The minimum Gasteiger partial charge on any atom is -0.330 e. The highest BCUT2D eigenvalue weighted by Gasteiger charge is 2.23. The summed E-state index contributed by atoms with van der Waals surface area (Å²) in [5.41, 5.74) is 1.39. The molecule has 0 saturated carbocycles. The molecule has 0 unspecified atom stereocenters. The number of thiophene rings is 1. The average molecular weight is 299 g/mol. The van der Waals surface area contributed by atoms with Gasteiger partial charge in [0.25, 0.3) is 5.91 Å². The second-order valence-corrected chi connectivity index (χ2v) is 6.26. The predicted octanol–water partition coefficient (Wildman–Crippen LogP) is 3.68.